The van der Waals surface area contributed by atoms with Gasteiger partial charge >= 0.3 is 6.18 Å². The SMILES string of the molecule is Cc1cc(C2=CC(c3cc(Cl)cc(Cl)c3)(C(F)(F)F)ON2)ccc1C(=O)Nc1ccc(Cl)cn1. The van der Waals surface area contributed by atoms with E-state index in [1.807, 2.05) is 0 Å². The number of halogens is 6. The van der Waals surface area contributed by atoms with Crippen LogP contribution in [0.4, 0.5) is 19.0 Å². The van der Waals surface area contributed by atoms with Gasteiger partial charge < -0.3 is 5.32 Å². The first kappa shape index (κ1) is 24.3. The lowest BCUT2D eigenvalue weighted by Gasteiger charge is -2.28. The van der Waals surface area contributed by atoms with Crippen molar-refractivity contribution in [3.63, 3.8) is 0 Å². The molecule has 0 saturated carbocycles. The number of anilines is 1. The van der Waals surface area contributed by atoms with E-state index in [0.29, 0.717) is 27.5 Å². The fourth-order valence-electron chi connectivity index (χ4n) is 3.47. The van der Waals surface area contributed by atoms with Crippen molar-refractivity contribution in [3.05, 3.63) is 98.1 Å². The van der Waals surface area contributed by atoms with Crippen LogP contribution >= 0.6 is 34.8 Å². The van der Waals surface area contributed by atoms with Crippen molar-refractivity contribution in [2.24, 2.45) is 0 Å². The highest BCUT2D eigenvalue weighted by molar-refractivity contribution is 6.34. The summed E-state index contributed by atoms with van der Waals surface area (Å²) < 4.78 is 42.5. The van der Waals surface area contributed by atoms with Crippen molar-refractivity contribution < 1.29 is 22.8 Å². The molecule has 2 heterocycles. The zero-order chi connectivity index (χ0) is 24.7. The predicted octanol–water partition coefficient (Wildman–Crippen LogP) is 6.94. The van der Waals surface area contributed by atoms with E-state index >= 15 is 0 Å². The van der Waals surface area contributed by atoms with Gasteiger partial charge in [-0.25, -0.2) is 4.98 Å². The van der Waals surface area contributed by atoms with Crippen molar-refractivity contribution in [2.45, 2.75) is 18.7 Å². The molecular formula is C23H15Cl3F3N3O2. The summed E-state index contributed by atoms with van der Waals surface area (Å²) >= 11 is 17.7. The number of aryl methyl sites for hydroxylation is 1. The Hall–Kier alpha value is -2.78. The monoisotopic (exact) mass is 527 g/mol. The highest BCUT2D eigenvalue weighted by Crippen LogP contribution is 2.48. The average Bonchev–Trinajstić information content (AvgIpc) is 3.22. The smallest absolute Gasteiger partial charge is 0.307 e. The van der Waals surface area contributed by atoms with Crippen molar-refractivity contribution in [1.29, 1.82) is 0 Å². The number of carbonyl (C=O) groups is 1. The van der Waals surface area contributed by atoms with Gasteiger partial charge in [0.1, 0.15) is 5.82 Å². The Kier molecular flexibility index (Phi) is 6.52. The molecule has 0 radical (unpaired) electrons. The number of pyridine rings is 1. The largest absolute Gasteiger partial charge is 0.428 e. The normalized spacial score (nSPS) is 17.8. The number of aromatic nitrogens is 1. The summed E-state index contributed by atoms with van der Waals surface area (Å²) in [7, 11) is 0. The first-order chi connectivity index (χ1) is 16.0. The summed E-state index contributed by atoms with van der Waals surface area (Å²) in [5.41, 5.74) is 0.593. The van der Waals surface area contributed by atoms with E-state index in [9.17, 15) is 18.0 Å². The number of hydroxylamine groups is 1. The fourth-order valence-corrected chi connectivity index (χ4v) is 4.11. The van der Waals surface area contributed by atoms with Gasteiger partial charge in [-0.1, -0.05) is 40.9 Å². The van der Waals surface area contributed by atoms with E-state index in [1.54, 1.807) is 25.1 Å². The van der Waals surface area contributed by atoms with Crippen LogP contribution in [0, 0.1) is 6.92 Å². The van der Waals surface area contributed by atoms with Gasteiger partial charge in [-0.15, -0.1) is 0 Å². The van der Waals surface area contributed by atoms with Gasteiger partial charge in [-0.2, -0.15) is 13.2 Å². The Balaban J connectivity index is 1.66. The Morgan fingerprint density at radius 2 is 1.74 bits per heavy atom. The van der Waals surface area contributed by atoms with E-state index in [-0.39, 0.29) is 21.3 Å². The van der Waals surface area contributed by atoms with Crippen LogP contribution in [0.2, 0.25) is 15.1 Å². The second-order valence-electron chi connectivity index (χ2n) is 7.50. The predicted molar refractivity (Wildman–Crippen MR) is 125 cm³/mol. The maximum atomic E-state index is 14.2. The van der Waals surface area contributed by atoms with Gasteiger partial charge in [-0.3, -0.25) is 15.1 Å². The highest BCUT2D eigenvalue weighted by Gasteiger charge is 2.59. The zero-order valence-corrected chi connectivity index (χ0v) is 19.6. The first-order valence-corrected chi connectivity index (χ1v) is 10.9. The van der Waals surface area contributed by atoms with Crippen molar-refractivity contribution >= 4 is 52.2 Å². The summed E-state index contributed by atoms with van der Waals surface area (Å²) in [5, 5.41) is 3.15. The Labute approximate surface area is 207 Å². The zero-order valence-electron chi connectivity index (χ0n) is 17.3. The van der Waals surface area contributed by atoms with Crippen molar-refractivity contribution in [1.82, 2.24) is 10.5 Å². The third-order valence-corrected chi connectivity index (χ3v) is 5.79. The maximum Gasteiger partial charge on any atom is 0.428 e. The molecule has 1 unspecified atom stereocenters. The number of nitrogens with one attached hydrogen (secondary N) is 2. The van der Waals surface area contributed by atoms with Crippen molar-refractivity contribution in [3.8, 4) is 0 Å². The van der Waals surface area contributed by atoms with Crippen molar-refractivity contribution in [2.75, 3.05) is 5.32 Å². The summed E-state index contributed by atoms with van der Waals surface area (Å²) in [6.45, 7) is 1.66. The molecule has 11 heteroatoms. The van der Waals surface area contributed by atoms with Gasteiger partial charge in [0.25, 0.3) is 5.91 Å². The molecule has 5 nitrogen and oxygen atoms in total. The number of benzene rings is 2. The molecule has 0 saturated heterocycles. The lowest BCUT2D eigenvalue weighted by atomic mass is 9.91. The molecule has 2 aromatic carbocycles. The van der Waals surface area contributed by atoms with E-state index in [2.05, 4.69) is 15.8 Å². The van der Waals surface area contributed by atoms with E-state index in [1.165, 1.54) is 24.4 Å². The standard InChI is InChI=1S/C23H15Cl3F3N3O2/c1-12-6-13(2-4-18(12)21(33)31-20-5-3-15(24)11-30-20)19-10-22(34-32-19,23(27,28)29)14-7-16(25)9-17(26)8-14/h2-11,32H,1H3,(H,30,31,33). The molecule has 34 heavy (non-hydrogen) atoms. The molecule has 2 N–H and O–H groups in total. The summed E-state index contributed by atoms with van der Waals surface area (Å²) in [5.74, 6) is -0.122. The van der Waals surface area contributed by atoms with Crippen LogP contribution in [0.1, 0.15) is 27.0 Å². The number of nitrogens with zero attached hydrogens (tertiary/aromatic N) is 1. The van der Waals surface area contributed by atoms with E-state index in [4.69, 9.17) is 39.6 Å². The molecule has 0 aliphatic carbocycles. The molecule has 0 bridgehead atoms. The quantitative estimate of drug-likeness (QED) is 0.385. The summed E-state index contributed by atoms with van der Waals surface area (Å²) in [4.78, 5) is 21.7. The minimum atomic E-state index is -4.82. The second-order valence-corrected chi connectivity index (χ2v) is 8.81. The summed E-state index contributed by atoms with van der Waals surface area (Å²) in [6, 6.07) is 11.3. The van der Waals surface area contributed by atoms with Crippen LogP contribution < -0.4 is 10.8 Å². The minimum absolute atomic E-state index is 0.0398. The number of alkyl halides is 3. The molecule has 1 aliphatic heterocycles. The second kappa shape index (κ2) is 9.11. The summed E-state index contributed by atoms with van der Waals surface area (Å²) in [6.07, 6.45) is -2.51. The molecule has 176 valence electrons. The van der Waals surface area contributed by atoms with Gasteiger partial charge in [0.05, 0.1) is 10.7 Å². The topological polar surface area (TPSA) is 63.2 Å². The third-order valence-electron chi connectivity index (χ3n) is 5.13. The Morgan fingerprint density at radius 3 is 2.32 bits per heavy atom. The number of rotatable bonds is 4. The van der Waals surface area contributed by atoms with Gasteiger partial charge in [-0.05, 0) is 66.6 Å². The number of amides is 1. The van der Waals surface area contributed by atoms with Gasteiger partial charge in [0, 0.05) is 27.4 Å². The Bertz CT molecular complexity index is 1280. The molecule has 3 aromatic rings. The van der Waals surface area contributed by atoms with Crippen LogP contribution in [-0.4, -0.2) is 17.1 Å². The minimum Gasteiger partial charge on any atom is -0.307 e. The number of carbonyl (C=O) groups excluding carboxylic acids is 1. The first-order valence-electron chi connectivity index (χ1n) is 9.72. The van der Waals surface area contributed by atoms with Crippen LogP contribution in [0.3, 0.4) is 0 Å². The highest BCUT2D eigenvalue weighted by atomic mass is 35.5. The molecule has 1 amide bonds. The molecular weight excluding hydrogens is 514 g/mol. The van der Waals surface area contributed by atoms with Crippen LogP contribution in [0.25, 0.3) is 5.70 Å². The lowest BCUT2D eigenvalue weighted by molar-refractivity contribution is -0.269. The lowest BCUT2D eigenvalue weighted by Crippen LogP contribution is -2.42. The number of hydrogen-bond donors (Lipinski definition) is 2. The van der Waals surface area contributed by atoms with E-state index in [0.717, 1.165) is 18.2 Å². The molecule has 0 spiro atoms. The fraction of sp³-hybridized carbons (Fsp3) is 0.130. The molecule has 1 aliphatic rings. The Morgan fingerprint density at radius 1 is 1.03 bits per heavy atom. The third kappa shape index (κ3) is 4.72. The maximum absolute atomic E-state index is 14.2. The van der Waals surface area contributed by atoms with Gasteiger partial charge in [0.15, 0.2) is 0 Å². The van der Waals surface area contributed by atoms with Crippen LogP contribution in [0.5, 0.6) is 0 Å². The van der Waals surface area contributed by atoms with Crippen LogP contribution in [0.15, 0.2) is 60.8 Å². The van der Waals surface area contributed by atoms with E-state index < -0.39 is 17.7 Å². The van der Waals surface area contributed by atoms with Gasteiger partial charge in [0.2, 0.25) is 5.60 Å². The average molecular weight is 529 g/mol. The van der Waals surface area contributed by atoms with Crippen LogP contribution in [-0.2, 0) is 10.4 Å². The number of hydrogen-bond acceptors (Lipinski definition) is 4. The molecule has 4 rings (SSSR count). The molecule has 1 aromatic heterocycles. The molecule has 0 fully saturated rings. The molecule has 1 atom stereocenters.